The Kier molecular flexibility index (Phi) is 2.66. The minimum atomic E-state index is -0.792. The molecule has 1 aliphatic carbocycles. The Bertz CT molecular complexity index is 489. The molecule has 0 spiro atoms. The molecule has 18 heavy (non-hydrogen) atoms. The van der Waals surface area contributed by atoms with Gasteiger partial charge in [-0.3, -0.25) is 4.79 Å². The average molecular weight is 250 g/mol. The summed E-state index contributed by atoms with van der Waals surface area (Å²) < 4.78 is 2.06. The third-order valence-electron chi connectivity index (χ3n) is 4.40. The molecule has 1 aromatic heterocycles. The number of carboxylic acids is 1. The maximum atomic E-state index is 11.6. The van der Waals surface area contributed by atoms with E-state index in [2.05, 4.69) is 9.55 Å². The lowest BCUT2D eigenvalue weighted by Gasteiger charge is -2.37. The van der Waals surface area contributed by atoms with Crippen molar-refractivity contribution in [2.24, 2.45) is 0 Å². The maximum Gasteiger partial charge on any atom is 0.317 e. The third-order valence-corrected chi connectivity index (χ3v) is 4.40. The van der Waals surface area contributed by atoms with Crippen molar-refractivity contribution in [2.75, 3.05) is 0 Å². The van der Waals surface area contributed by atoms with Crippen LogP contribution >= 0.6 is 0 Å². The highest BCUT2D eigenvalue weighted by Crippen LogP contribution is 2.44. The fourth-order valence-electron chi connectivity index (χ4n) is 3.17. The Morgan fingerprint density at radius 1 is 1.33 bits per heavy atom. The molecule has 0 aromatic carbocycles. The van der Waals surface area contributed by atoms with Crippen molar-refractivity contribution in [1.82, 2.24) is 9.55 Å². The Hall–Kier alpha value is -1.36. The molecule has 2 heterocycles. The highest BCUT2D eigenvalue weighted by Gasteiger charge is 2.50. The molecule has 1 saturated carbocycles. The second kappa shape index (κ2) is 4.09. The van der Waals surface area contributed by atoms with Crippen LogP contribution in [-0.2, 0) is 29.8 Å². The van der Waals surface area contributed by atoms with Crippen LogP contribution in [0.5, 0.6) is 0 Å². The number of aliphatic hydroxyl groups excluding tert-OH is 1. The van der Waals surface area contributed by atoms with E-state index in [1.807, 2.05) is 0 Å². The molecule has 1 aromatic rings. The molecule has 3 rings (SSSR count). The van der Waals surface area contributed by atoms with Crippen LogP contribution < -0.4 is 0 Å². The second-order valence-electron chi connectivity index (χ2n) is 5.34. The zero-order valence-corrected chi connectivity index (χ0v) is 10.4. The number of nitrogens with zero attached hydrogens (tertiary/aromatic N) is 2. The van der Waals surface area contributed by atoms with Gasteiger partial charge in [0, 0.05) is 12.2 Å². The van der Waals surface area contributed by atoms with Gasteiger partial charge in [-0.2, -0.15) is 0 Å². The summed E-state index contributed by atoms with van der Waals surface area (Å²) in [5, 5.41) is 18.9. The number of aliphatic carboxylic acids is 1. The van der Waals surface area contributed by atoms with Gasteiger partial charge in [0.05, 0.1) is 12.3 Å². The topological polar surface area (TPSA) is 75.3 Å². The van der Waals surface area contributed by atoms with E-state index in [1.165, 1.54) is 0 Å². The van der Waals surface area contributed by atoms with E-state index in [1.54, 1.807) is 0 Å². The van der Waals surface area contributed by atoms with Gasteiger partial charge in [0.1, 0.15) is 11.2 Å². The van der Waals surface area contributed by atoms with E-state index in [0.29, 0.717) is 24.4 Å². The first-order chi connectivity index (χ1) is 8.69. The molecule has 0 unspecified atom stereocenters. The Morgan fingerprint density at radius 2 is 2.11 bits per heavy atom. The SMILES string of the molecule is O=C(O)C1(c2nc(CO)c3n2CCCC3)CCC1. The Morgan fingerprint density at radius 3 is 2.67 bits per heavy atom. The molecule has 5 nitrogen and oxygen atoms in total. The molecule has 0 radical (unpaired) electrons. The van der Waals surface area contributed by atoms with Gasteiger partial charge in [-0.1, -0.05) is 6.42 Å². The molecule has 0 amide bonds. The Labute approximate surface area is 105 Å². The lowest BCUT2D eigenvalue weighted by atomic mass is 9.68. The number of fused-ring (bicyclic) bond motifs is 1. The third kappa shape index (κ3) is 1.43. The lowest BCUT2D eigenvalue weighted by molar-refractivity contribution is -0.148. The predicted molar refractivity (Wildman–Crippen MR) is 64.3 cm³/mol. The minimum absolute atomic E-state index is 0.0922. The molecule has 0 saturated heterocycles. The predicted octanol–water partition coefficient (Wildman–Crippen LogP) is 1.22. The smallest absolute Gasteiger partial charge is 0.317 e. The molecule has 0 atom stereocenters. The van der Waals surface area contributed by atoms with Crippen LogP contribution in [0.25, 0.3) is 0 Å². The van der Waals surface area contributed by atoms with Gasteiger partial charge < -0.3 is 14.8 Å². The highest BCUT2D eigenvalue weighted by molar-refractivity contribution is 5.81. The molecule has 1 aliphatic heterocycles. The summed E-state index contributed by atoms with van der Waals surface area (Å²) >= 11 is 0. The second-order valence-corrected chi connectivity index (χ2v) is 5.34. The van der Waals surface area contributed by atoms with Crippen LogP contribution in [0.3, 0.4) is 0 Å². The van der Waals surface area contributed by atoms with Crippen molar-refractivity contribution in [1.29, 1.82) is 0 Å². The molecule has 2 aliphatic rings. The van der Waals surface area contributed by atoms with Crippen molar-refractivity contribution in [3.63, 3.8) is 0 Å². The molecular formula is C13H18N2O3. The van der Waals surface area contributed by atoms with E-state index in [4.69, 9.17) is 0 Å². The van der Waals surface area contributed by atoms with Crippen molar-refractivity contribution in [3.05, 3.63) is 17.2 Å². The van der Waals surface area contributed by atoms with Crippen LogP contribution in [0.2, 0.25) is 0 Å². The fraction of sp³-hybridized carbons (Fsp3) is 0.692. The minimum Gasteiger partial charge on any atom is -0.480 e. The summed E-state index contributed by atoms with van der Waals surface area (Å²) in [5.74, 6) is -0.0865. The fourth-order valence-corrected chi connectivity index (χ4v) is 3.17. The van der Waals surface area contributed by atoms with Crippen LogP contribution in [-0.4, -0.2) is 25.7 Å². The van der Waals surface area contributed by atoms with Crippen molar-refractivity contribution >= 4 is 5.97 Å². The zero-order valence-electron chi connectivity index (χ0n) is 10.4. The lowest BCUT2D eigenvalue weighted by Crippen LogP contribution is -2.45. The number of hydrogen-bond donors (Lipinski definition) is 2. The number of hydrogen-bond acceptors (Lipinski definition) is 3. The number of imidazole rings is 1. The summed E-state index contributed by atoms with van der Waals surface area (Å²) in [5.41, 5.74) is 0.933. The highest BCUT2D eigenvalue weighted by atomic mass is 16.4. The van der Waals surface area contributed by atoms with Crippen molar-refractivity contribution in [3.8, 4) is 0 Å². The van der Waals surface area contributed by atoms with Gasteiger partial charge >= 0.3 is 5.97 Å². The monoisotopic (exact) mass is 250 g/mol. The molecule has 98 valence electrons. The quantitative estimate of drug-likeness (QED) is 0.845. The van der Waals surface area contributed by atoms with Crippen LogP contribution in [0.4, 0.5) is 0 Å². The zero-order chi connectivity index (χ0) is 12.8. The van der Waals surface area contributed by atoms with Crippen molar-refractivity contribution < 1.29 is 15.0 Å². The molecule has 2 N–H and O–H groups in total. The van der Waals surface area contributed by atoms with E-state index in [0.717, 1.165) is 37.9 Å². The van der Waals surface area contributed by atoms with Gasteiger partial charge in [0.25, 0.3) is 0 Å². The summed E-state index contributed by atoms with van der Waals surface area (Å²) in [6, 6.07) is 0. The van der Waals surface area contributed by atoms with E-state index < -0.39 is 11.4 Å². The number of carboxylic acid groups (broad SMARTS) is 1. The Balaban J connectivity index is 2.12. The number of carbonyl (C=O) groups is 1. The van der Waals surface area contributed by atoms with Crippen LogP contribution in [0, 0.1) is 0 Å². The van der Waals surface area contributed by atoms with Crippen LogP contribution in [0.1, 0.15) is 49.3 Å². The van der Waals surface area contributed by atoms with Gasteiger partial charge in [-0.15, -0.1) is 0 Å². The van der Waals surface area contributed by atoms with E-state index >= 15 is 0 Å². The summed E-state index contributed by atoms with van der Waals surface area (Å²) in [4.78, 5) is 16.0. The number of aromatic nitrogens is 2. The molecule has 0 bridgehead atoms. The van der Waals surface area contributed by atoms with Gasteiger partial charge in [-0.05, 0) is 32.1 Å². The summed E-state index contributed by atoms with van der Waals surface area (Å²) in [7, 11) is 0. The number of aliphatic hydroxyl groups is 1. The van der Waals surface area contributed by atoms with Gasteiger partial charge in [-0.25, -0.2) is 4.98 Å². The first-order valence-electron chi connectivity index (χ1n) is 6.62. The molecular weight excluding hydrogens is 232 g/mol. The van der Waals surface area contributed by atoms with E-state index in [-0.39, 0.29) is 6.61 Å². The number of rotatable bonds is 3. The normalized spacial score (nSPS) is 21.2. The molecule has 5 heteroatoms. The van der Waals surface area contributed by atoms with Crippen molar-refractivity contribution in [2.45, 2.75) is 57.1 Å². The van der Waals surface area contributed by atoms with Crippen LogP contribution in [0.15, 0.2) is 0 Å². The van der Waals surface area contributed by atoms with E-state index in [9.17, 15) is 15.0 Å². The first kappa shape index (κ1) is 11.7. The van der Waals surface area contributed by atoms with Gasteiger partial charge in [0.2, 0.25) is 0 Å². The standard InChI is InChI=1S/C13H18N2O3/c16-8-9-10-4-1-2-7-15(10)11(14-9)13(12(17)18)5-3-6-13/h16H,1-8H2,(H,17,18). The summed E-state index contributed by atoms with van der Waals surface area (Å²) in [6.45, 7) is 0.748. The summed E-state index contributed by atoms with van der Waals surface area (Å²) in [6.07, 6.45) is 5.35. The first-order valence-corrected chi connectivity index (χ1v) is 6.62. The average Bonchev–Trinajstić information content (AvgIpc) is 2.67. The largest absolute Gasteiger partial charge is 0.480 e. The maximum absolute atomic E-state index is 11.6. The van der Waals surface area contributed by atoms with Gasteiger partial charge in [0.15, 0.2) is 0 Å². The molecule has 1 fully saturated rings.